The molecule has 2 aromatic carbocycles. The van der Waals surface area contributed by atoms with Crippen molar-refractivity contribution in [3.63, 3.8) is 0 Å². The third kappa shape index (κ3) is 3.87. The van der Waals surface area contributed by atoms with Gasteiger partial charge in [0.25, 0.3) is 0 Å². The Hall–Kier alpha value is -1.84. The summed E-state index contributed by atoms with van der Waals surface area (Å²) in [5.74, 6) is 0.995. The topological polar surface area (TPSA) is 33.6 Å². The van der Waals surface area contributed by atoms with E-state index in [1.807, 2.05) is 24.3 Å². The first-order valence-electron chi connectivity index (χ1n) is 7.52. The minimum atomic E-state index is 0.524. The molecule has 1 N–H and O–H groups in total. The first-order valence-corrected chi connectivity index (χ1v) is 7.89. The third-order valence-corrected chi connectivity index (χ3v) is 3.98. The molecule has 0 amide bonds. The predicted molar refractivity (Wildman–Crippen MR) is 90.4 cm³/mol. The van der Waals surface area contributed by atoms with Crippen molar-refractivity contribution in [2.75, 3.05) is 13.1 Å². The highest BCUT2D eigenvalue weighted by Crippen LogP contribution is 2.16. The summed E-state index contributed by atoms with van der Waals surface area (Å²) in [7, 11) is 0. The highest BCUT2D eigenvalue weighted by molar-refractivity contribution is 6.31. The summed E-state index contributed by atoms with van der Waals surface area (Å²) in [5, 5.41) is 4.08. The van der Waals surface area contributed by atoms with Crippen LogP contribution in [0.15, 0.2) is 53.5 Å². The number of benzene rings is 2. The van der Waals surface area contributed by atoms with Crippen molar-refractivity contribution in [2.45, 2.75) is 19.6 Å². The summed E-state index contributed by atoms with van der Waals surface area (Å²) in [6.07, 6.45) is 1.11. The summed E-state index contributed by atoms with van der Waals surface area (Å²) in [6.45, 7) is 3.01. The number of ether oxygens (including phenoxy) is 1. The van der Waals surface area contributed by atoms with Gasteiger partial charge < -0.3 is 10.1 Å². The Morgan fingerprint density at radius 3 is 2.59 bits per heavy atom. The summed E-state index contributed by atoms with van der Waals surface area (Å²) in [6, 6.07) is 16.1. The Balaban J connectivity index is 1.55. The van der Waals surface area contributed by atoms with E-state index in [0.29, 0.717) is 13.2 Å². The summed E-state index contributed by atoms with van der Waals surface area (Å²) < 4.78 is 5.74. The first kappa shape index (κ1) is 15.1. The lowest BCUT2D eigenvalue weighted by atomic mass is 10.1. The van der Waals surface area contributed by atoms with E-state index in [4.69, 9.17) is 16.3 Å². The summed E-state index contributed by atoms with van der Waals surface area (Å²) >= 11 is 6.11. The van der Waals surface area contributed by atoms with Gasteiger partial charge in [0, 0.05) is 23.7 Å². The second-order valence-electron chi connectivity index (χ2n) is 5.29. The van der Waals surface area contributed by atoms with Gasteiger partial charge in [0.1, 0.15) is 5.84 Å². The molecule has 3 rings (SSSR count). The van der Waals surface area contributed by atoms with Gasteiger partial charge in [0.15, 0.2) is 0 Å². The Morgan fingerprint density at radius 2 is 1.86 bits per heavy atom. The van der Waals surface area contributed by atoms with Crippen LogP contribution in [0.25, 0.3) is 0 Å². The fourth-order valence-corrected chi connectivity index (χ4v) is 2.57. The van der Waals surface area contributed by atoms with Crippen molar-refractivity contribution in [3.8, 4) is 0 Å². The number of rotatable bonds is 5. The molecule has 1 heterocycles. The van der Waals surface area contributed by atoms with E-state index in [1.165, 1.54) is 0 Å². The van der Waals surface area contributed by atoms with Crippen LogP contribution < -0.4 is 5.32 Å². The van der Waals surface area contributed by atoms with E-state index in [9.17, 15) is 0 Å². The summed E-state index contributed by atoms with van der Waals surface area (Å²) in [5.41, 5.74) is 3.29. The molecule has 1 aliphatic heterocycles. The lowest BCUT2D eigenvalue weighted by molar-refractivity contribution is 0.107. The van der Waals surface area contributed by atoms with Crippen molar-refractivity contribution in [1.82, 2.24) is 5.32 Å². The molecule has 0 saturated heterocycles. The molecule has 0 saturated carbocycles. The molecule has 0 aromatic heterocycles. The van der Waals surface area contributed by atoms with Gasteiger partial charge in [-0.3, -0.25) is 4.99 Å². The van der Waals surface area contributed by atoms with Gasteiger partial charge in [-0.2, -0.15) is 0 Å². The maximum Gasteiger partial charge on any atom is 0.128 e. The zero-order valence-electron chi connectivity index (χ0n) is 12.4. The number of nitrogens with one attached hydrogen (secondary N) is 1. The quantitative estimate of drug-likeness (QED) is 0.911. The summed E-state index contributed by atoms with van der Waals surface area (Å²) in [4.78, 5) is 4.50. The Labute approximate surface area is 136 Å². The van der Waals surface area contributed by atoms with E-state index in [-0.39, 0.29) is 0 Å². The van der Waals surface area contributed by atoms with Crippen LogP contribution in [0.1, 0.15) is 23.1 Å². The number of nitrogens with zero attached hydrogens (tertiary/aromatic N) is 1. The van der Waals surface area contributed by atoms with Crippen molar-refractivity contribution in [2.24, 2.45) is 4.99 Å². The van der Waals surface area contributed by atoms with Crippen molar-refractivity contribution < 1.29 is 4.74 Å². The highest BCUT2D eigenvalue weighted by atomic mass is 35.5. The molecule has 0 unspecified atom stereocenters. The van der Waals surface area contributed by atoms with Crippen LogP contribution in [-0.2, 0) is 18.0 Å². The SMILES string of the molecule is Clc1ccccc1COCc1ccc(C2=NCCCN2)cc1. The average Bonchev–Trinajstić information content (AvgIpc) is 2.58. The molecule has 22 heavy (non-hydrogen) atoms. The molecule has 0 bridgehead atoms. The Kier molecular flexibility index (Phi) is 5.09. The standard InChI is InChI=1S/C18H19ClN2O/c19-17-5-2-1-4-16(17)13-22-12-14-6-8-15(9-7-14)18-20-10-3-11-21-18/h1-2,4-9H,3,10-13H2,(H,20,21). The first-order chi connectivity index (χ1) is 10.8. The third-order valence-electron chi connectivity index (χ3n) is 3.61. The van der Waals surface area contributed by atoms with E-state index < -0.39 is 0 Å². The molecule has 1 aliphatic rings. The Morgan fingerprint density at radius 1 is 1.05 bits per heavy atom. The molecule has 0 spiro atoms. The molecule has 0 fully saturated rings. The highest BCUT2D eigenvalue weighted by Gasteiger charge is 2.06. The molecule has 2 aromatic rings. The fourth-order valence-electron chi connectivity index (χ4n) is 2.38. The van der Waals surface area contributed by atoms with Gasteiger partial charge in [0.2, 0.25) is 0 Å². The maximum absolute atomic E-state index is 6.11. The lowest BCUT2D eigenvalue weighted by Crippen LogP contribution is -2.30. The van der Waals surface area contributed by atoms with Crippen LogP contribution >= 0.6 is 11.6 Å². The zero-order chi connectivity index (χ0) is 15.2. The number of halogens is 1. The molecular formula is C18H19ClN2O. The van der Waals surface area contributed by atoms with Crippen molar-refractivity contribution in [1.29, 1.82) is 0 Å². The number of amidine groups is 1. The normalized spacial score (nSPS) is 14.3. The molecular weight excluding hydrogens is 296 g/mol. The second-order valence-corrected chi connectivity index (χ2v) is 5.70. The van der Waals surface area contributed by atoms with E-state index in [1.54, 1.807) is 0 Å². The fraction of sp³-hybridized carbons (Fsp3) is 0.278. The smallest absolute Gasteiger partial charge is 0.128 e. The zero-order valence-corrected chi connectivity index (χ0v) is 13.1. The van der Waals surface area contributed by atoms with Crippen LogP contribution in [0.5, 0.6) is 0 Å². The average molecular weight is 315 g/mol. The van der Waals surface area contributed by atoms with Gasteiger partial charge >= 0.3 is 0 Å². The minimum Gasteiger partial charge on any atom is -0.372 e. The van der Waals surface area contributed by atoms with E-state index in [2.05, 4.69) is 34.6 Å². The van der Waals surface area contributed by atoms with Gasteiger partial charge in [-0.05, 0) is 23.6 Å². The van der Waals surface area contributed by atoms with Gasteiger partial charge in [0.05, 0.1) is 13.2 Å². The van der Waals surface area contributed by atoms with Crippen molar-refractivity contribution >= 4 is 17.4 Å². The van der Waals surface area contributed by atoms with E-state index in [0.717, 1.165) is 47.1 Å². The lowest BCUT2D eigenvalue weighted by Gasteiger charge is -2.15. The van der Waals surface area contributed by atoms with Crippen LogP contribution in [0.2, 0.25) is 5.02 Å². The second kappa shape index (κ2) is 7.43. The molecule has 0 aliphatic carbocycles. The van der Waals surface area contributed by atoms with Crippen LogP contribution in [0.4, 0.5) is 0 Å². The molecule has 0 radical (unpaired) electrons. The van der Waals surface area contributed by atoms with Gasteiger partial charge in [-0.15, -0.1) is 0 Å². The van der Waals surface area contributed by atoms with Gasteiger partial charge in [-0.1, -0.05) is 54.1 Å². The molecule has 0 atom stereocenters. The van der Waals surface area contributed by atoms with Crippen LogP contribution in [0.3, 0.4) is 0 Å². The Bertz CT molecular complexity index is 652. The predicted octanol–water partition coefficient (Wildman–Crippen LogP) is 3.80. The molecule has 3 nitrogen and oxygen atoms in total. The maximum atomic E-state index is 6.11. The number of aliphatic imine (C=N–C) groups is 1. The van der Waals surface area contributed by atoms with E-state index >= 15 is 0 Å². The number of hydrogen-bond acceptors (Lipinski definition) is 3. The molecule has 114 valence electrons. The van der Waals surface area contributed by atoms with Gasteiger partial charge in [-0.25, -0.2) is 0 Å². The largest absolute Gasteiger partial charge is 0.372 e. The molecule has 4 heteroatoms. The number of hydrogen-bond donors (Lipinski definition) is 1. The van der Waals surface area contributed by atoms with Crippen LogP contribution in [-0.4, -0.2) is 18.9 Å². The minimum absolute atomic E-state index is 0.524. The van der Waals surface area contributed by atoms with Crippen LogP contribution in [0, 0.1) is 0 Å². The van der Waals surface area contributed by atoms with Crippen molar-refractivity contribution in [3.05, 3.63) is 70.2 Å². The monoisotopic (exact) mass is 314 g/mol.